The Balaban J connectivity index is -0.00000000883. The first kappa shape index (κ1) is 96.5. The Morgan fingerprint density at radius 2 is 0.483 bits per heavy atom. The van der Waals surface area contributed by atoms with Crippen molar-refractivity contribution in [2.45, 2.75) is 27.7 Å². The summed E-state index contributed by atoms with van der Waals surface area (Å²) >= 11 is 0. The molecule has 169 valence electrons. The Hall–Kier alpha value is -3.11. The van der Waals surface area contributed by atoms with Gasteiger partial charge in [-0.2, -0.15) is 28.8 Å². The van der Waals surface area contributed by atoms with Crippen molar-refractivity contribution in [2.24, 2.45) is 0 Å². The van der Waals surface area contributed by atoms with Gasteiger partial charge in [-0.1, -0.05) is 13.8 Å². The quantitative estimate of drug-likeness (QED) is 0.320. The normalized spacial score (nSPS) is 2.62. The van der Waals surface area contributed by atoms with Gasteiger partial charge in [0.1, 0.15) is 46.5 Å². The van der Waals surface area contributed by atoms with E-state index in [0.29, 0.717) is 0 Å². The summed E-state index contributed by atoms with van der Waals surface area (Å²) in [6.45, 7) is 16.9. The van der Waals surface area contributed by atoms with Crippen LogP contribution in [0.1, 0.15) is 27.7 Å². The van der Waals surface area contributed by atoms with E-state index in [9.17, 15) is 0 Å². The molecule has 0 aromatic heterocycles. The topological polar surface area (TPSA) is 253 Å². The minimum atomic E-state index is 0. The zero-order valence-corrected chi connectivity index (χ0v) is 19.4. The Morgan fingerprint density at radius 3 is 0.483 bits per heavy atom. The van der Waals surface area contributed by atoms with Gasteiger partial charge in [0.15, 0.2) is 0 Å². The van der Waals surface area contributed by atoms with Gasteiger partial charge >= 0.3 is 18.5 Å². The molecule has 15 heteroatoms. The molecular weight excluding hydrogens is 481 g/mol. The molecule has 0 aliphatic carbocycles. The summed E-state index contributed by atoms with van der Waals surface area (Å²) in [6, 6.07) is 0. The van der Waals surface area contributed by atoms with E-state index in [2.05, 4.69) is 0 Å². The minimum absolute atomic E-state index is 0. The van der Waals surface area contributed by atoms with Crippen LogP contribution in [0.25, 0.3) is 0 Å². The Kier molecular flexibility index (Phi) is 13200. The Bertz CT molecular complexity index is 236. The molecule has 0 aromatic carbocycles. The fourth-order valence-corrected chi connectivity index (χ4v) is 0. The van der Waals surface area contributed by atoms with Crippen molar-refractivity contribution in [2.75, 3.05) is 0 Å². The first-order valence-corrected chi connectivity index (χ1v) is 5.29. The van der Waals surface area contributed by atoms with Crippen molar-refractivity contribution in [3.63, 3.8) is 0 Å². The molecule has 0 spiro atoms. The molecule has 0 unspecified atom stereocenters. The van der Waals surface area contributed by atoms with Crippen LogP contribution >= 0.6 is 0 Å². The van der Waals surface area contributed by atoms with Gasteiger partial charge < -0.3 is 39.0 Å². The van der Waals surface area contributed by atoms with Gasteiger partial charge in [0.25, 0.3) is 0 Å². The molecule has 0 aromatic rings. The van der Waals surface area contributed by atoms with Crippen LogP contribution in [-0.2, 0) is 95.0 Å². The summed E-state index contributed by atoms with van der Waals surface area (Å²) in [7, 11) is 0. The third-order valence-corrected chi connectivity index (χ3v) is 0. The van der Waals surface area contributed by atoms with Crippen molar-refractivity contribution in [1.29, 1.82) is 0 Å². The maximum Gasteiger partial charge on any atom is 0.373 e. The fourth-order valence-electron chi connectivity index (χ4n) is 0. The van der Waals surface area contributed by atoms with Crippen molar-refractivity contribution in [3.8, 4) is 0 Å². The zero-order valence-electron chi connectivity index (χ0n) is 16.6. The molecule has 0 amide bonds. The first-order valence-electron chi connectivity index (χ1n) is 5.29. The van der Waals surface area contributed by atoms with Crippen molar-refractivity contribution in [3.05, 3.63) is 0 Å². The predicted molar refractivity (Wildman–Crippen MR) is 89.1 cm³/mol. The van der Waals surface area contributed by atoms with E-state index >= 15 is 0 Å². The smallest absolute Gasteiger partial charge is 0.373 e. The van der Waals surface area contributed by atoms with Crippen LogP contribution in [0.5, 0.6) is 0 Å². The van der Waals surface area contributed by atoms with Crippen LogP contribution in [0.4, 0.5) is 0 Å². The molecule has 2 N–H and O–H groups in total. The number of carbonyl (C=O) groups excluding carboxylic acids is 13. The molecule has 0 saturated heterocycles. The predicted octanol–water partition coefficient (Wildman–Crippen LogP) is -2.07. The standard InChI is InChI=1S/2C2H4O.C2H6.3CO2.5CH2O.H2O.Y/c2*1-2-3;1-2;3*2-1-3;5*1-2;;/h2*2H,1H3;1-2H3;;;;5*1H2;1H2;. The Labute approximate surface area is 193 Å². The number of aldehydes is 2. The van der Waals surface area contributed by atoms with Gasteiger partial charge in [-0.3, -0.25) is 0 Å². The molecule has 0 aliphatic rings. The summed E-state index contributed by atoms with van der Waals surface area (Å²) in [5.74, 6) is 0. The summed E-state index contributed by atoms with van der Waals surface area (Å²) in [4.78, 5) is 106. The molecular formula is C14H26O14Y. The number of hydrogen-bond acceptors (Lipinski definition) is 13. The molecule has 0 heterocycles. The maximum atomic E-state index is 8.81. The largest absolute Gasteiger partial charge is 0.412 e. The molecule has 0 atom stereocenters. The summed E-state index contributed by atoms with van der Waals surface area (Å²) < 4.78 is 0. The summed E-state index contributed by atoms with van der Waals surface area (Å²) in [5, 5.41) is 0. The van der Waals surface area contributed by atoms with Crippen molar-refractivity contribution in [1.82, 2.24) is 0 Å². The molecule has 1 radical (unpaired) electrons. The molecule has 0 bridgehead atoms. The number of carbonyl (C=O) groups is 7. The average molecular weight is 507 g/mol. The minimum Gasteiger partial charge on any atom is -0.412 e. The molecule has 0 saturated carbocycles. The summed E-state index contributed by atoms with van der Waals surface area (Å²) in [6.07, 6.45) is 2.25. The second-order valence-electron chi connectivity index (χ2n) is 0.721. The van der Waals surface area contributed by atoms with Crippen LogP contribution in [0.3, 0.4) is 0 Å². The van der Waals surface area contributed by atoms with Gasteiger partial charge in [-0.25, -0.2) is 0 Å². The first-order chi connectivity index (χ1) is 13.1. The van der Waals surface area contributed by atoms with E-state index in [0.717, 1.165) is 12.6 Å². The van der Waals surface area contributed by atoms with E-state index in [1.54, 1.807) is 0 Å². The number of rotatable bonds is 0. The van der Waals surface area contributed by atoms with E-state index in [-0.39, 0.29) is 56.6 Å². The summed E-state index contributed by atoms with van der Waals surface area (Å²) in [5.41, 5.74) is 0. The van der Waals surface area contributed by atoms with E-state index < -0.39 is 0 Å². The second kappa shape index (κ2) is 3960. The molecule has 0 fully saturated rings. The van der Waals surface area contributed by atoms with Crippen LogP contribution in [0.2, 0.25) is 0 Å². The third-order valence-electron chi connectivity index (χ3n) is 0. The van der Waals surface area contributed by atoms with Crippen LogP contribution < -0.4 is 0 Å². The molecule has 29 heavy (non-hydrogen) atoms. The van der Waals surface area contributed by atoms with Gasteiger partial charge in [-0.15, -0.1) is 0 Å². The zero-order chi connectivity index (χ0) is 25.5. The van der Waals surface area contributed by atoms with Gasteiger partial charge in [0.05, 0.1) is 0 Å². The SMILES string of the molecule is C=O.C=O.C=O.C=O.C=O.CC.CC=O.CC=O.O.O=C=O.O=C=O.O=C=O.[Y]. The van der Waals surface area contributed by atoms with E-state index in [4.69, 9.17) is 62.3 Å². The van der Waals surface area contributed by atoms with Crippen LogP contribution in [0.15, 0.2) is 0 Å². The third kappa shape index (κ3) is 1350. The molecule has 0 rings (SSSR count). The molecule has 0 aliphatic heterocycles. The Morgan fingerprint density at radius 1 is 0.483 bits per heavy atom. The van der Waals surface area contributed by atoms with Crippen molar-refractivity contribution < 1.29 is 101 Å². The maximum absolute atomic E-state index is 8.81. The van der Waals surface area contributed by atoms with Gasteiger partial charge in [-0.05, 0) is 13.8 Å². The van der Waals surface area contributed by atoms with E-state index in [1.165, 1.54) is 13.8 Å². The van der Waals surface area contributed by atoms with E-state index in [1.807, 2.05) is 47.8 Å². The van der Waals surface area contributed by atoms with Crippen molar-refractivity contribution >= 4 is 65.0 Å². The monoisotopic (exact) mass is 507 g/mol. The fraction of sp³-hybridized carbons (Fsp3) is 0.286. The van der Waals surface area contributed by atoms with Gasteiger partial charge in [0.2, 0.25) is 0 Å². The van der Waals surface area contributed by atoms with Gasteiger partial charge in [0, 0.05) is 32.7 Å². The van der Waals surface area contributed by atoms with Crippen LogP contribution in [-0.4, -0.2) is 70.4 Å². The molecule has 14 nitrogen and oxygen atoms in total. The van der Waals surface area contributed by atoms with Crippen LogP contribution in [0, 0.1) is 0 Å². The average Bonchev–Trinajstić information content (AvgIpc) is 2.74. The second-order valence-corrected chi connectivity index (χ2v) is 0.721. The number of hydrogen-bond donors (Lipinski definition) is 0.